The molecule has 1 aliphatic rings. The first-order valence-electron chi connectivity index (χ1n) is 8.54. The van der Waals surface area contributed by atoms with E-state index in [2.05, 4.69) is 68.3 Å². The number of rotatable bonds is 1. The number of halogens is 1. The van der Waals surface area contributed by atoms with Gasteiger partial charge in [0.05, 0.1) is 5.02 Å². The lowest BCUT2D eigenvalue weighted by Gasteiger charge is -2.39. The highest BCUT2D eigenvalue weighted by Gasteiger charge is 2.32. The molecule has 1 aromatic heterocycles. The molecule has 0 spiro atoms. The van der Waals surface area contributed by atoms with E-state index in [1.54, 1.807) is 0 Å². The van der Waals surface area contributed by atoms with Crippen molar-refractivity contribution >= 4 is 28.2 Å². The summed E-state index contributed by atoms with van der Waals surface area (Å²) in [4.78, 5) is 3.29. The number of aromatic nitrogens is 1. The molecule has 124 valence electrons. The Kier molecular flexibility index (Phi) is 3.43. The molecular formula is C21H23ClN2. The number of benzene rings is 2. The molecule has 0 fully saturated rings. The zero-order chi connectivity index (χ0) is 17.1. The summed E-state index contributed by atoms with van der Waals surface area (Å²) in [6.45, 7) is 8.97. The van der Waals surface area contributed by atoms with Crippen LogP contribution in [0.2, 0.25) is 5.02 Å². The van der Waals surface area contributed by atoms with E-state index < -0.39 is 0 Å². The van der Waals surface area contributed by atoms with Crippen molar-refractivity contribution in [2.75, 3.05) is 5.32 Å². The van der Waals surface area contributed by atoms with Crippen LogP contribution in [0.5, 0.6) is 0 Å². The number of nitrogens with one attached hydrogen (secondary N) is 2. The molecule has 0 aliphatic carbocycles. The molecule has 0 bridgehead atoms. The van der Waals surface area contributed by atoms with Crippen LogP contribution in [0, 0.1) is 6.92 Å². The minimum atomic E-state index is 0.102. The normalized spacial score (nSPS) is 19.1. The maximum atomic E-state index is 6.90. The second-order valence-corrected chi connectivity index (χ2v) is 8.12. The van der Waals surface area contributed by atoms with Gasteiger partial charge in [0.1, 0.15) is 0 Å². The van der Waals surface area contributed by atoms with E-state index in [4.69, 9.17) is 11.6 Å². The average Bonchev–Trinajstić information content (AvgIpc) is 2.96. The van der Waals surface area contributed by atoms with Crippen molar-refractivity contribution < 1.29 is 0 Å². The van der Waals surface area contributed by atoms with Crippen molar-refractivity contribution in [2.45, 2.75) is 45.6 Å². The molecule has 0 amide bonds. The Bertz CT molecular complexity index is 936. The minimum Gasteiger partial charge on any atom is -0.380 e. The van der Waals surface area contributed by atoms with Gasteiger partial charge < -0.3 is 10.3 Å². The van der Waals surface area contributed by atoms with E-state index in [0.29, 0.717) is 5.92 Å². The lowest BCUT2D eigenvalue weighted by molar-refractivity contribution is 0.454. The smallest absolute Gasteiger partial charge is 0.0539 e. The van der Waals surface area contributed by atoms with Crippen LogP contribution in [0.3, 0.4) is 0 Å². The van der Waals surface area contributed by atoms with Gasteiger partial charge in [0.25, 0.3) is 0 Å². The maximum Gasteiger partial charge on any atom is 0.0539 e. The van der Waals surface area contributed by atoms with Gasteiger partial charge in [-0.25, -0.2) is 0 Å². The van der Waals surface area contributed by atoms with E-state index in [0.717, 1.165) is 28.1 Å². The summed E-state index contributed by atoms with van der Waals surface area (Å²) < 4.78 is 0. The number of H-pyrrole nitrogens is 1. The van der Waals surface area contributed by atoms with Crippen molar-refractivity contribution in [3.05, 3.63) is 52.7 Å². The van der Waals surface area contributed by atoms with Crippen molar-refractivity contribution in [1.29, 1.82) is 0 Å². The molecule has 1 unspecified atom stereocenters. The summed E-state index contributed by atoms with van der Waals surface area (Å²) in [5.74, 6) is 0.441. The highest BCUT2D eigenvalue weighted by atomic mass is 35.5. The largest absolute Gasteiger partial charge is 0.380 e. The van der Waals surface area contributed by atoms with Crippen LogP contribution >= 0.6 is 11.6 Å². The van der Waals surface area contributed by atoms with Crippen molar-refractivity contribution in [1.82, 2.24) is 4.98 Å². The first-order chi connectivity index (χ1) is 11.4. The van der Waals surface area contributed by atoms with Crippen molar-refractivity contribution in [3.8, 4) is 11.1 Å². The molecule has 4 rings (SSSR count). The van der Waals surface area contributed by atoms with Crippen molar-refractivity contribution in [3.63, 3.8) is 0 Å². The SMILES string of the molecule is Cc1cc(-c2ccc3cc[nH]c3c2)c(Cl)c2c1NC(C)(C)CC2C. The Hall–Kier alpha value is -1.93. The van der Waals surface area contributed by atoms with Gasteiger partial charge >= 0.3 is 0 Å². The number of hydrogen-bond donors (Lipinski definition) is 2. The molecule has 2 N–H and O–H groups in total. The standard InChI is InChI=1S/C21H23ClN2/c1-12-9-16(15-6-5-14-7-8-23-17(14)10-15)19(22)18-13(2)11-21(3,4)24-20(12)18/h5-10,13,23-24H,11H2,1-4H3. The molecule has 24 heavy (non-hydrogen) atoms. The third kappa shape index (κ3) is 2.41. The van der Waals surface area contributed by atoms with E-state index in [-0.39, 0.29) is 5.54 Å². The zero-order valence-electron chi connectivity index (χ0n) is 14.6. The summed E-state index contributed by atoms with van der Waals surface area (Å²) in [6.07, 6.45) is 3.06. The van der Waals surface area contributed by atoms with Crippen LogP contribution in [0.1, 0.15) is 44.2 Å². The Morgan fingerprint density at radius 3 is 2.75 bits per heavy atom. The number of fused-ring (bicyclic) bond motifs is 2. The summed E-state index contributed by atoms with van der Waals surface area (Å²) >= 11 is 6.90. The van der Waals surface area contributed by atoms with Gasteiger partial charge in [0.15, 0.2) is 0 Å². The highest BCUT2D eigenvalue weighted by Crippen LogP contribution is 2.47. The predicted octanol–water partition coefficient (Wildman–Crippen LogP) is 6.49. The van der Waals surface area contributed by atoms with E-state index in [1.807, 2.05) is 6.20 Å². The fourth-order valence-electron chi connectivity index (χ4n) is 4.13. The van der Waals surface area contributed by atoms with Crippen LogP contribution in [-0.2, 0) is 0 Å². The number of anilines is 1. The van der Waals surface area contributed by atoms with Gasteiger partial charge in [-0.3, -0.25) is 0 Å². The Morgan fingerprint density at radius 1 is 1.17 bits per heavy atom. The minimum absolute atomic E-state index is 0.102. The number of aryl methyl sites for hydroxylation is 1. The molecule has 0 radical (unpaired) electrons. The van der Waals surface area contributed by atoms with Gasteiger partial charge in [-0.1, -0.05) is 30.7 Å². The van der Waals surface area contributed by atoms with Crippen LogP contribution in [0.15, 0.2) is 36.5 Å². The Balaban J connectivity index is 1.92. The average molecular weight is 339 g/mol. The van der Waals surface area contributed by atoms with Gasteiger partial charge in [-0.15, -0.1) is 0 Å². The Morgan fingerprint density at radius 2 is 1.96 bits per heavy atom. The van der Waals surface area contributed by atoms with E-state index >= 15 is 0 Å². The molecule has 2 nitrogen and oxygen atoms in total. The third-order valence-corrected chi connectivity index (χ3v) is 5.54. The quantitative estimate of drug-likeness (QED) is 0.521. The van der Waals surface area contributed by atoms with Crippen LogP contribution < -0.4 is 5.32 Å². The summed E-state index contributed by atoms with van der Waals surface area (Å²) in [6, 6.07) is 10.8. The lowest BCUT2D eigenvalue weighted by atomic mass is 9.79. The lowest BCUT2D eigenvalue weighted by Crippen LogP contribution is -2.37. The van der Waals surface area contributed by atoms with Crippen molar-refractivity contribution in [2.24, 2.45) is 0 Å². The van der Waals surface area contributed by atoms with Gasteiger partial charge in [-0.05, 0) is 73.4 Å². The second-order valence-electron chi connectivity index (χ2n) is 7.74. The third-order valence-electron chi connectivity index (χ3n) is 5.14. The zero-order valence-corrected chi connectivity index (χ0v) is 15.4. The molecule has 3 aromatic rings. The second kappa shape index (κ2) is 5.29. The Labute approximate surface area is 148 Å². The molecular weight excluding hydrogens is 316 g/mol. The summed E-state index contributed by atoms with van der Waals surface area (Å²) in [5, 5.41) is 5.80. The maximum absolute atomic E-state index is 6.90. The molecule has 1 aliphatic heterocycles. The summed E-state index contributed by atoms with van der Waals surface area (Å²) in [5.41, 5.74) is 7.27. The van der Waals surface area contributed by atoms with Crippen LogP contribution in [0.25, 0.3) is 22.0 Å². The molecule has 3 heteroatoms. The first-order valence-corrected chi connectivity index (χ1v) is 8.92. The van der Waals surface area contributed by atoms with Gasteiger partial charge in [0.2, 0.25) is 0 Å². The molecule has 2 heterocycles. The highest BCUT2D eigenvalue weighted by molar-refractivity contribution is 6.34. The molecule has 1 atom stereocenters. The van der Waals surface area contributed by atoms with E-state index in [9.17, 15) is 0 Å². The first kappa shape index (κ1) is 15.6. The van der Waals surface area contributed by atoms with Crippen LogP contribution in [-0.4, -0.2) is 10.5 Å². The topological polar surface area (TPSA) is 27.8 Å². The fourth-order valence-corrected chi connectivity index (χ4v) is 4.57. The number of aromatic amines is 1. The fraction of sp³-hybridized carbons (Fsp3) is 0.333. The van der Waals surface area contributed by atoms with Gasteiger partial charge in [-0.2, -0.15) is 0 Å². The monoisotopic (exact) mass is 338 g/mol. The molecule has 0 saturated carbocycles. The number of hydrogen-bond acceptors (Lipinski definition) is 1. The van der Waals surface area contributed by atoms with Crippen LogP contribution in [0.4, 0.5) is 5.69 Å². The van der Waals surface area contributed by atoms with E-state index in [1.165, 1.54) is 22.2 Å². The molecule has 0 saturated heterocycles. The summed E-state index contributed by atoms with van der Waals surface area (Å²) in [7, 11) is 0. The predicted molar refractivity (Wildman–Crippen MR) is 104 cm³/mol. The molecule has 2 aromatic carbocycles. The van der Waals surface area contributed by atoms with Gasteiger partial charge in [0, 0.05) is 28.5 Å².